The van der Waals surface area contributed by atoms with E-state index in [-0.39, 0.29) is 4.48 Å². The summed E-state index contributed by atoms with van der Waals surface area (Å²) in [4.78, 5) is 10.6. The summed E-state index contributed by atoms with van der Waals surface area (Å²) in [5, 5.41) is 8.68. The molecule has 1 aromatic carbocycles. The highest BCUT2D eigenvalue weighted by atomic mass is 79.9. The lowest BCUT2D eigenvalue weighted by molar-refractivity contribution is -0.131. The maximum absolute atomic E-state index is 10.6. The van der Waals surface area contributed by atoms with Crippen molar-refractivity contribution in [1.82, 2.24) is 0 Å². The molecule has 0 radical (unpaired) electrons. The summed E-state index contributed by atoms with van der Waals surface area (Å²) in [6.45, 7) is 0. The Morgan fingerprint density at radius 2 is 1.69 bits per heavy atom. The number of benzene rings is 1. The van der Waals surface area contributed by atoms with E-state index in [4.69, 9.17) is 5.11 Å². The fourth-order valence-corrected chi connectivity index (χ4v) is 1.47. The van der Waals surface area contributed by atoms with Gasteiger partial charge in [-0.2, -0.15) is 0 Å². The number of carbonyl (C=O) groups is 1. The van der Waals surface area contributed by atoms with E-state index in [1.54, 1.807) is 0 Å². The van der Waals surface area contributed by atoms with Gasteiger partial charge in [0.1, 0.15) is 4.48 Å². The Bertz CT molecular complexity index is 344. The first-order valence-corrected chi connectivity index (χ1v) is 5.05. The number of carboxylic acids is 1. The van der Waals surface area contributed by atoms with Gasteiger partial charge >= 0.3 is 5.97 Å². The van der Waals surface area contributed by atoms with Gasteiger partial charge in [0.2, 0.25) is 0 Å². The molecule has 1 aromatic rings. The summed E-state index contributed by atoms with van der Waals surface area (Å²) in [6.07, 6.45) is 0. The molecule has 4 heteroatoms. The highest BCUT2D eigenvalue weighted by molar-refractivity contribution is 9.16. The maximum Gasteiger partial charge on any atom is 0.343 e. The van der Waals surface area contributed by atoms with Crippen molar-refractivity contribution < 1.29 is 9.90 Å². The first kappa shape index (κ1) is 10.5. The van der Waals surface area contributed by atoms with E-state index in [1.807, 2.05) is 30.3 Å². The van der Waals surface area contributed by atoms with Gasteiger partial charge in [-0.3, -0.25) is 0 Å². The number of hydrogen-bond acceptors (Lipinski definition) is 1. The largest absolute Gasteiger partial charge is 0.477 e. The van der Waals surface area contributed by atoms with Crippen molar-refractivity contribution in [2.45, 2.75) is 0 Å². The molecule has 0 saturated carbocycles. The van der Waals surface area contributed by atoms with Crippen LogP contribution in [0, 0.1) is 0 Å². The van der Waals surface area contributed by atoms with Gasteiger partial charge in [-0.15, -0.1) is 0 Å². The normalized spacial score (nSPS) is 12.2. The maximum atomic E-state index is 10.6. The minimum Gasteiger partial charge on any atom is -0.477 e. The Hall–Kier alpha value is -0.610. The lowest BCUT2D eigenvalue weighted by Crippen LogP contribution is -1.94. The van der Waals surface area contributed by atoms with Crippen LogP contribution in [0.5, 0.6) is 0 Å². The topological polar surface area (TPSA) is 37.3 Å². The Morgan fingerprint density at radius 1 is 1.15 bits per heavy atom. The summed E-state index contributed by atoms with van der Waals surface area (Å²) < 4.78 is 0.666. The second-order valence-electron chi connectivity index (χ2n) is 2.30. The van der Waals surface area contributed by atoms with Crippen molar-refractivity contribution in [2.75, 3.05) is 0 Å². The third kappa shape index (κ3) is 2.67. The third-order valence-corrected chi connectivity index (χ3v) is 3.53. The van der Waals surface area contributed by atoms with Crippen molar-refractivity contribution in [3.8, 4) is 0 Å². The van der Waals surface area contributed by atoms with Gasteiger partial charge in [-0.25, -0.2) is 4.79 Å². The van der Waals surface area contributed by atoms with E-state index in [0.29, 0.717) is 4.48 Å². The minimum absolute atomic E-state index is 0.124. The molecule has 0 aliphatic rings. The zero-order valence-electron chi connectivity index (χ0n) is 6.50. The van der Waals surface area contributed by atoms with Gasteiger partial charge in [0.05, 0.1) is 0 Å². The fourth-order valence-electron chi connectivity index (χ4n) is 0.805. The van der Waals surface area contributed by atoms with Crippen LogP contribution in [0.3, 0.4) is 0 Å². The second kappa shape index (κ2) is 4.58. The number of rotatable bonds is 2. The summed E-state index contributed by atoms with van der Waals surface area (Å²) in [7, 11) is 0. The second-order valence-corrected chi connectivity index (χ2v) is 3.89. The molecule has 0 bridgehead atoms. The molecule has 0 fully saturated rings. The molecule has 0 aliphatic heterocycles. The Kier molecular flexibility index (Phi) is 3.69. The molecule has 0 atom stereocenters. The number of halogens is 2. The third-order valence-electron chi connectivity index (χ3n) is 1.41. The van der Waals surface area contributed by atoms with Crippen molar-refractivity contribution in [3.05, 3.63) is 40.4 Å². The Balaban J connectivity index is 3.11. The Morgan fingerprint density at radius 3 is 2.15 bits per heavy atom. The lowest BCUT2D eigenvalue weighted by Gasteiger charge is -1.99. The smallest absolute Gasteiger partial charge is 0.343 e. The molecule has 0 heterocycles. The molecular weight excluding hydrogens is 300 g/mol. The van der Waals surface area contributed by atoms with Crippen LogP contribution in [0.25, 0.3) is 4.48 Å². The number of aliphatic carboxylic acids is 1. The molecule has 1 N–H and O–H groups in total. The summed E-state index contributed by atoms with van der Waals surface area (Å²) >= 11 is 6.18. The van der Waals surface area contributed by atoms with E-state index < -0.39 is 5.97 Å². The molecular formula is C9H6Br2O2. The van der Waals surface area contributed by atoms with E-state index in [9.17, 15) is 4.79 Å². The van der Waals surface area contributed by atoms with Crippen LogP contribution in [0.2, 0.25) is 0 Å². The zero-order chi connectivity index (χ0) is 9.84. The van der Waals surface area contributed by atoms with Gasteiger partial charge in [-0.1, -0.05) is 30.3 Å². The quantitative estimate of drug-likeness (QED) is 0.852. The predicted molar refractivity (Wildman–Crippen MR) is 58.9 cm³/mol. The van der Waals surface area contributed by atoms with Crippen molar-refractivity contribution in [1.29, 1.82) is 0 Å². The predicted octanol–water partition coefficient (Wildman–Crippen LogP) is 3.23. The van der Waals surface area contributed by atoms with Gasteiger partial charge in [0.25, 0.3) is 0 Å². The van der Waals surface area contributed by atoms with E-state index in [1.165, 1.54) is 0 Å². The molecule has 0 aromatic heterocycles. The Labute approximate surface area is 92.5 Å². The molecule has 0 spiro atoms. The molecule has 0 unspecified atom stereocenters. The first-order chi connectivity index (χ1) is 6.13. The summed E-state index contributed by atoms with van der Waals surface area (Å²) in [5.41, 5.74) is 0.830. The minimum atomic E-state index is -0.990. The average molecular weight is 306 g/mol. The average Bonchev–Trinajstić information content (AvgIpc) is 2.17. The van der Waals surface area contributed by atoms with E-state index in [0.717, 1.165) is 5.56 Å². The zero-order valence-corrected chi connectivity index (χ0v) is 9.67. The molecule has 1 rings (SSSR count). The highest BCUT2D eigenvalue weighted by Gasteiger charge is 2.09. The molecule has 0 saturated heterocycles. The lowest BCUT2D eigenvalue weighted by atomic mass is 10.2. The highest BCUT2D eigenvalue weighted by Crippen LogP contribution is 2.28. The molecule has 13 heavy (non-hydrogen) atoms. The fraction of sp³-hybridized carbons (Fsp3) is 0. The molecule has 2 nitrogen and oxygen atoms in total. The van der Waals surface area contributed by atoms with E-state index >= 15 is 0 Å². The molecule has 0 amide bonds. The summed E-state index contributed by atoms with van der Waals surface area (Å²) in [6, 6.07) is 9.22. The molecule has 0 aliphatic carbocycles. The number of carboxylic acid groups (broad SMARTS) is 1. The van der Waals surface area contributed by atoms with Gasteiger partial charge in [-0.05, 0) is 37.4 Å². The van der Waals surface area contributed by atoms with Gasteiger partial charge in [0, 0.05) is 4.48 Å². The van der Waals surface area contributed by atoms with Crippen LogP contribution in [0.1, 0.15) is 5.56 Å². The number of hydrogen-bond donors (Lipinski definition) is 1. The van der Waals surface area contributed by atoms with Gasteiger partial charge < -0.3 is 5.11 Å². The van der Waals surface area contributed by atoms with Crippen LogP contribution < -0.4 is 0 Å². The van der Waals surface area contributed by atoms with Crippen molar-refractivity contribution in [2.24, 2.45) is 0 Å². The van der Waals surface area contributed by atoms with Crippen LogP contribution in [-0.4, -0.2) is 11.1 Å². The van der Waals surface area contributed by atoms with Crippen molar-refractivity contribution in [3.63, 3.8) is 0 Å². The van der Waals surface area contributed by atoms with E-state index in [2.05, 4.69) is 31.9 Å². The van der Waals surface area contributed by atoms with Crippen molar-refractivity contribution >= 4 is 42.3 Å². The van der Waals surface area contributed by atoms with Crippen LogP contribution in [0.15, 0.2) is 34.8 Å². The van der Waals surface area contributed by atoms with Gasteiger partial charge in [0.15, 0.2) is 0 Å². The van der Waals surface area contributed by atoms with Crippen LogP contribution in [0.4, 0.5) is 0 Å². The first-order valence-electron chi connectivity index (χ1n) is 3.47. The van der Waals surface area contributed by atoms with Crippen LogP contribution >= 0.6 is 31.9 Å². The standard InChI is InChI=1S/C9H6Br2O2/c10-7(8(11)9(12)13)6-4-2-1-3-5-6/h1-5H,(H,12,13). The SMILES string of the molecule is O=C(O)C(Br)=C(Br)c1ccccc1. The summed E-state index contributed by atoms with van der Waals surface area (Å²) in [5.74, 6) is -0.990. The van der Waals surface area contributed by atoms with Crippen LogP contribution in [-0.2, 0) is 4.79 Å². The molecule has 68 valence electrons. The monoisotopic (exact) mass is 304 g/mol.